The Morgan fingerprint density at radius 2 is 1.89 bits per heavy atom. The van der Waals surface area contributed by atoms with Gasteiger partial charge in [-0.2, -0.15) is 0 Å². The molecule has 1 N–H and O–H groups in total. The van der Waals surface area contributed by atoms with Crippen molar-refractivity contribution in [3.63, 3.8) is 0 Å². The number of rotatable bonds is 4. The average Bonchev–Trinajstić information content (AvgIpc) is 2.39. The van der Waals surface area contributed by atoms with Crippen molar-refractivity contribution < 1.29 is 9.84 Å². The number of aliphatic hydroxyl groups is 1. The molecule has 18 heavy (non-hydrogen) atoms. The van der Waals surface area contributed by atoms with E-state index in [-0.39, 0.29) is 6.61 Å². The lowest BCUT2D eigenvalue weighted by Gasteiger charge is -2.07. The number of nitrogens with zero attached hydrogens (tertiary/aromatic N) is 1. The minimum atomic E-state index is -0.200. The molecule has 0 aliphatic heterocycles. The van der Waals surface area contributed by atoms with Gasteiger partial charge in [-0.15, -0.1) is 0 Å². The highest BCUT2D eigenvalue weighted by Crippen LogP contribution is 2.19. The first-order valence-corrected chi connectivity index (χ1v) is 6.49. The Hall–Kier alpha value is -1.10. The van der Waals surface area contributed by atoms with Crippen molar-refractivity contribution >= 4 is 27.5 Å². The zero-order valence-corrected chi connectivity index (χ0v) is 11.8. The van der Waals surface area contributed by atoms with Crippen LogP contribution in [0.4, 0.5) is 0 Å². The number of benzene rings is 1. The van der Waals surface area contributed by atoms with E-state index in [9.17, 15) is 0 Å². The van der Waals surface area contributed by atoms with Gasteiger partial charge in [-0.3, -0.25) is 0 Å². The van der Waals surface area contributed by atoms with E-state index < -0.39 is 0 Å². The fraction of sp³-hybridized carbons (Fsp3) is 0.154. The smallest absolute Gasteiger partial charge is 0.213 e. The van der Waals surface area contributed by atoms with Crippen molar-refractivity contribution in [3.05, 3.63) is 57.2 Å². The largest absolute Gasteiger partial charge is 0.473 e. The van der Waals surface area contributed by atoms with Crippen LogP contribution >= 0.6 is 27.5 Å². The second kappa shape index (κ2) is 6.18. The van der Waals surface area contributed by atoms with Gasteiger partial charge in [0, 0.05) is 10.5 Å². The van der Waals surface area contributed by atoms with Gasteiger partial charge in [0.05, 0.1) is 17.3 Å². The van der Waals surface area contributed by atoms with Crippen molar-refractivity contribution in [1.82, 2.24) is 4.98 Å². The van der Waals surface area contributed by atoms with E-state index in [2.05, 4.69) is 20.9 Å². The van der Waals surface area contributed by atoms with Gasteiger partial charge >= 0.3 is 0 Å². The summed E-state index contributed by atoms with van der Waals surface area (Å²) < 4.78 is 6.56. The monoisotopic (exact) mass is 327 g/mol. The molecule has 2 rings (SSSR count). The Morgan fingerprint density at radius 3 is 2.56 bits per heavy atom. The molecule has 0 amide bonds. The summed E-state index contributed by atoms with van der Waals surface area (Å²) in [7, 11) is 0. The third-order valence-electron chi connectivity index (χ3n) is 2.34. The summed E-state index contributed by atoms with van der Waals surface area (Å²) in [6.07, 6.45) is 0. The van der Waals surface area contributed by atoms with Crippen LogP contribution in [0.5, 0.6) is 5.88 Å². The highest BCUT2D eigenvalue weighted by molar-refractivity contribution is 9.10. The molecule has 1 aromatic carbocycles. The summed E-state index contributed by atoms with van der Waals surface area (Å²) in [5, 5.41) is 9.49. The Morgan fingerprint density at radius 1 is 1.17 bits per heavy atom. The third-order valence-corrected chi connectivity index (χ3v) is 3.22. The van der Waals surface area contributed by atoms with Gasteiger partial charge in [-0.05, 0) is 23.8 Å². The van der Waals surface area contributed by atoms with Crippen LogP contribution in [0.15, 0.2) is 40.9 Å². The minimum absolute atomic E-state index is 0.200. The number of pyridine rings is 1. The van der Waals surface area contributed by atoms with Gasteiger partial charge in [0.1, 0.15) is 6.61 Å². The lowest BCUT2D eigenvalue weighted by atomic mass is 10.2. The molecule has 0 saturated carbocycles. The third kappa shape index (κ3) is 3.45. The molecule has 0 fully saturated rings. The van der Waals surface area contributed by atoms with Crippen LogP contribution in [0, 0.1) is 0 Å². The van der Waals surface area contributed by atoms with Crippen molar-refractivity contribution in [2.24, 2.45) is 0 Å². The molecular formula is C13H11BrClNO2. The maximum Gasteiger partial charge on any atom is 0.213 e. The summed E-state index contributed by atoms with van der Waals surface area (Å²) in [4.78, 5) is 4.11. The van der Waals surface area contributed by atoms with Crippen molar-refractivity contribution in [2.75, 3.05) is 0 Å². The van der Waals surface area contributed by atoms with Crippen molar-refractivity contribution in [1.29, 1.82) is 0 Å². The number of halogens is 2. The lowest BCUT2D eigenvalue weighted by Crippen LogP contribution is -1.99. The van der Waals surface area contributed by atoms with E-state index >= 15 is 0 Å². The summed E-state index contributed by atoms with van der Waals surface area (Å²) in [5.41, 5.74) is 1.46. The van der Waals surface area contributed by atoms with Crippen LogP contribution in [0.2, 0.25) is 5.02 Å². The zero-order chi connectivity index (χ0) is 13.0. The summed E-state index contributed by atoms with van der Waals surface area (Å²) in [6.45, 7) is 0.223. The van der Waals surface area contributed by atoms with E-state index in [4.69, 9.17) is 21.4 Å². The van der Waals surface area contributed by atoms with Crippen LogP contribution < -0.4 is 4.74 Å². The first kappa shape index (κ1) is 13.3. The number of aromatic nitrogens is 1. The summed E-state index contributed by atoms with van der Waals surface area (Å²) >= 11 is 9.22. The normalized spacial score (nSPS) is 10.4. The second-order valence-electron chi connectivity index (χ2n) is 3.65. The molecule has 2 aromatic rings. The fourth-order valence-electron chi connectivity index (χ4n) is 1.39. The predicted octanol–water partition coefficient (Wildman–Crippen LogP) is 3.57. The standard InChI is InChI=1S/C13H11BrClNO2/c14-10-3-1-9(2-4-10)8-18-13-6-5-11(15)12(7-17)16-13/h1-6,17H,7-8H2. The Labute approximate surface area is 119 Å². The summed E-state index contributed by atoms with van der Waals surface area (Å²) in [6, 6.07) is 11.2. The zero-order valence-electron chi connectivity index (χ0n) is 9.44. The molecule has 0 atom stereocenters. The highest BCUT2D eigenvalue weighted by atomic mass is 79.9. The Balaban J connectivity index is 2.04. The molecule has 94 valence electrons. The van der Waals surface area contributed by atoms with Gasteiger partial charge in [0.25, 0.3) is 0 Å². The van der Waals surface area contributed by atoms with Crippen LogP contribution in [-0.2, 0) is 13.2 Å². The highest BCUT2D eigenvalue weighted by Gasteiger charge is 2.04. The molecule has 3 nitrogen and oxygen atoms in total. The van der Waals surface area contributed by atoms with Crippen LogP contribution in [-0.4, -0.2) is 10.1 Å². The van der Waals surface area contributed by atoms with E-state index in [1.807, 2.05) is 24.3 Å². The number of hydrogen-bond acceptors (Lipinski definition) is 3. The quantitative estimate of drug-likeness (QED) is 0.933. The molecule has 0 spiro atoms. The molecule has 0 bridgehead atoms. The van der Waals surface area contributed by atoms with Crippen molar-refractivity contribution in [3.8, 4) is 5.88 Å². The molecule has 0 aliphatic carbocycles. The van der Waals surface area contributed by atoms with Crippen LogP contribution in [0.3, 0.4) is 0 Å². The van der Waals surface area contributed by atoms with E-state index in [0.29, 0.717) is 23.2 Å². The predicted molar refractivity (Wildman–Crippen MR) is 73.6 cm³/mol. The maximum atomic E-state index is 9.05. The van der Waals surface area contributed by atoms with Gasteiger partial charge in [-0.1, -0.05) is 39.7 Å². The molecule has 0 unspecified atom stereocenters. The minimum Gasteiger partial charge on any atom is -0.473 e. The van der Waals surface area contributed by atoms with E-state index in [1.54, 1.807) is 12.1 Å². The van der Waals surface area contributed by atoms with Crippen molar-refractivity contribution in [2.45, 2.75) is 13.2 Å². The molecule has 1 heterocycles. The second-order valence-corrected chi connectivity index (χ2v) is 4.97. The molecule has 0 saturated heterocycles. The van der Waals surface area contributed by atoms with Crippen LogP contribution in [0.1, 0.15) is 11.3 Å². The maximum absolute atomic E-state index is 9.05. The Kier molecular flexibility index (Phi) is 4.58. The van der Waals surface area contributed by atoms with E-state index in [1.165, 1.54) is 0 Å². The van der Waals surface area contributed by atoms with E-state index in [0.717, 1.165) is 10.0 Å². The van der Waals surface area contributed by atoms with Gasteiger partial charge < -0.3 is 9.84 Å². The molecule has 5 heteroatoms. The summed E-state index contributed by atoms with van der Waals surface area (Å²) in [5.74, 6) is 0.450. The molecular weight excluding hydrogens is 318 g/mol. The van der Waals surface area contributed by atoms with Crippen LogP contribution in [0.25, 0.3) is 0 Å². The number of ether oxygens (including phenoxy) is 1. The molecule has 1 aromatic heterocycles. The molecule has 0 aliphatic rings. The number of hydrogen-bond donors (Lipinski definition) is 1. The fourth-order valence-corrected chi connectivity index (χ4v) is 1.82. The first-order valence-electron chi connectivity index (χ1n) is 5.32. The Bertz CT molecular complexity index is 531. The topological polar surface area (TPSA) is 42.4 Å². The lowest BCUT2D eigenvalue weighted by molar-refractivity contribution is 0.266. The van der Waals surface area contributed by atoms with Gasteiger partial charge in [0.2, 0.25) is 5.88 Å². The average molecular weight is 329 g/mol. The first-order chi connectivity index (χ1) is 8.69. The van der Waals surface area contributed by atoms with Gasteiger partial charge in [0.15, 0.2) is 0 Å². The molecule has 0 radical (unpaired) electrons. The SMILES string of the molecule is OCc1nc(OCc2ccc(Br)cc2)ccc1Cl. The number of aliphatic hydroxyl groups excluding tert-OH is 1. The van der Waals surface area contributed by atoms with Gasteiger partial charge in [-0.25, -0.2) is 4.98 Å².